The molecule has 2 aromatic rings. The molecule has 0 bridgehead atoms. The molecule has 16 heavy (non-hydrogen) atoms. The van der Waals surface area contributed by atoms with Gasteiger partial charge in [0.2, 0.25) is 4.96 Å². The zero-order valence-corrected chi connectivity index (χ0v) is 9.58. The first-order valence-corrected chi connectivity index (χ1v) is 5.47. The molecular formula is C9H9N3O3S. The minimum absolute atomic E-state index is 0.0929. The molecule has 0 aromatic carbocycles. The molecule has 6 nitrogen and oxygen atoms in total. The molecule has 0 aliphatic rings. The summed E-state index contributed by atoms with van der Waals surface area (Å²) >= 11 is 1.29. The van der Waals surface area contributed by atoms with Crippen LogP contribution in [0.1, 0.15) is 22.3 Å². The normalized spacial score (nSPS) is 10.6. The van der Waals surface area contributed by atoms with Gasteiger partial charge in [0.1, 0.15) is 10.6 Å². The maximum absolute atomic E-state index is 11.8. The number of nitrogens with zero attached hydrogens (tertiary/aromatic N) is 3. The van der Waals surface area contributed by atoms with Gasteiger partial charge in [0.15, 0.2) is 0 Å². The second kappa shape index (κ2) is 4.01. The number of carbonyl (C=O) groups excluding carboxylic acids is 1. The van der Waals surface area contributed by atoms with Crippen molar-refractivity contribution in [3.05, 3.63) is 27.1 Å². The molecule has 2 aromatic heterocycles. The number of ether oxygens (including phenoxy) is 1. The largest absolute Gasteiger partial charge is 0.462 e. The quantitative estimate of drug-likeness (QED) is 0.719. The van der Waals surface area contributed by atoms with Gasteiger partial charge in [-0.15, -0.1) is 0 Å². The van der Waals surface area contributed by atoms with Crippen molar-refractivity contribution in [1.82, 2.24) is 14.6 Å². The van der Waals surface area contributed by atoms with Crippen LogP contribution in [0.4, 0.5) is 0 Å². The number of aromatic nitrogens is 3. The zero-order chi connectivity index (χ0) is 11.7. The molecule has 0 fully saturated rings. The summed E-state index contributed by atoms with van der Waals surface area (Å²) in [5.41, 5.74) is -0.586. The van der Waals surface area contributed by atoms with Crippen LogP contribution in [0.15, 0.2) is 11.0 Å². The van der Waals surface area contributed by atoms with Gasteiger partial charge < -0.3 is 4.74 Å². The molecule has 0 amide bonds. The molecular weight excluding hydrogens is 230 g/mol. The highest BCUT2D eigenvalue weighted by molar-refractivity contribution is 7.16. The van der Waals surface area contributed by atoms with Gasteiger partial charge in [-0.05, 0) is 13.8 Å². The van der Waals surface area contributed by atoms with E-state index in [1.165, 1.54) is 17.5 Å². The molecule has 0 N–H and O–H groups in total. The van der Waals surface area contributed by atoms with Crippen LogP contribution < -0.4 is 5.56 Å². The minimum atomic E-state index is -0.667. The molecule has 84 valence electrons. The number of fused-ring (bicyclic) bond motifs is 1. The lowest BCUT2D eigenvalue weighted by atomic mass is 10.3. The van der Waals surface area contributed by atoms with Crippen LogP contribution in [0.5, 0.6) is 0 Å². The topological polar surface area (TPSA) is 73.6 Å². The smallest absolute Gasteiger partial charge is 0.345 e. The van der Waals surface area contributed by atoms with Crippen LogP contribution in [0.3, 0.4) is 0 Å². The van der Waals surface area contributed by atoms with Crippen LogP contribution in [0.2, 0.25) is 0 Å². The lowest BCUT2D eigenvalue weighted by Crippen LogP contribution is -2.24. The fourth-order valence-corrected chi connectivity index (χ4v) is 1.93. The van der Waals surface area contributed by atoms with Crippen LogP contribution in [0, 0.1) is 6.92 Å². The van der Waals surface area contributed by atoms with Crippen LogP contribution >= 0.6 is 11.3 Å². The van der Waals surface area contributed by atoms with Gasteiger partial charge in [-0.1, -0.05) is 11.3 Å². The summed E-state index contributed by atoms with van der Waals surface area (Å²) < 4.78 is 5.87. The van der Waals surface area contributed by atoms with E-state index in [-0.39, 0.29) is 12.2 Å². The Bertz CT molecular complexity index is 602. The monoisotopic (exact) mass is 239 g/mol. The first kappa shape index (κ1) is 10.7. The van der Waals surface area contributed by atoms with Gasteiger partial charge in [0.05, 0.1) is 12.8 Å². The molecule has 0 unspecified atom stereocenters. The van der Waals surface area contributed by atoms with E-state index in [2.05, 4.69) is 10.1 Å². The van der Waals surface area contributed by atoms with Crippen molar-refractivity contribution in [3.8, 4) is 0 Å². The Labute approximate surface area is 94.5 Å². The molecule has 7 heteroatoms. The lowest BCUT2D eigenvalue weighted by molar-refractivity contribution is 0.0523. The summed E-state index contributed by atoms with van der Waals surface area (Å²) in [5.74, 6) is -0.667. The summed E-state index contributed by atoms with van der Waals surface area (Å²) in [7, 11) is 0. The van der Waals surface area contributed by atoms with E-state index in [9.17, 15) is 9.59 Å². The Hall–Kier alpha value is -1.76. The fourth-order valence-electron chi connectivity index (χ4n) is 1.23. The summed E-state index contributed by atoms with van der Waals surface area (Å²) in [6.07, 6.45) is 1.23. The summed E-state index contributed by atoms with van der Waals surface area (Å²) in [4.78, 5) is 27.7. The van der Waals surface area contributed by atoms with E-state index in [4.69, 9.17) is 4.74 Å². The Morgan fingerprint density at radius 2 is 2.38 bits per heavy atom. The van der Waals surface area contributed by atoms with Gasteiger partial charge in [0, 0.05) is 0 Å². The molecule has 0 atom stereocenters. The molecule has 0 aliphatic heterocycles. The fraction of sp³-hybridized carbons (Fsp3) is 0.333. The van der Waals surface area contributed by atoms with E-state index >= 15 is 0 Å². The molecule has 0 saturated heterocycles. The number of esters is 1. The highest BCUT2D eigenvalue weighted by Gasteiger charge is 2.15. The maximum Gasteiger partial charge on any atom is 0.345 e. The Balaban J connectivity index is 2.60. The maximum atomic E-state index is 11.8. The van der Waals surface area contributed by atoms with Crippen molar-refractivity contribution >= 4 is 22.3 Å². The molecule has 0 radical (unpaired) electrons. The van der Waals surface area contributed by atoms with Gasteiger partial charge in [-0.25, -0.2) is 9.78 Å². The average Bonchev–Trinajstić information content (AvgIpc) is 2.60. The second-order valence-corrected chi connectivity index (χ2v) is 4.17. The molecule has 0 saturated carbocycles. The number of hydrogen-bond acceptors (Lipinski definition) is 6. The van der Waals surface area contributed by atoms with Gasteiger partial charge >= 0.3 is 5.97 Å². The van der Waals surface area contributed by atoms with Gasteiger partial charge in [-0.2, -0.15) is 9.61 Å². The summed E-state index contributed by atoms with van der Waals surface area (Å²) in [6.45, 7) is 3.66. The number of carbonyl (C=O) groups is 1. The third-order valence-electron chi connectivity index (χ3n) is 1.88. The van der Waals surface area contributed by atoms with E-state index in [1.54, 1.807) is 13.8 Å². The third-order valence-corrected chi connectivity index (χ3v) is 2.72. The predicted octanol–water partition coefficient (Wildman–Crippen LogP) is 0.636. The van der Waals surface area contributed by atoms with Crippen molar-refractivity contribution in [3.63, 3.8) is 0 Å². The average molecular weight is 239 g/mol. The number of aryl methyl sites for hydroxylation is 1. The second-order valence-electron chi connectivity index (χ2n) is 3.01. The van der Waals surface area contributed by atoms with Gasteiger partial charge in [0.25, 0.3) is 5.56 Å². The van der Waals surface area contributed by atoms with Crippen molar-refractivity contribution in [2.75, 3.05) is 6.61 Å². The minimum Gasteiger partial charge on any atom is -0.462 e. The number of hydrogen-bond donors (Lipinski definition) is 0. The van der Waals surface area contributed by atoms with E-state index in [1.807, 2.05) is 0 Å². The molecule has 2 heterocycles. The van der Waals surface area contributed by atoms with Crippen molar-refractivity contribution in [2.24, 2.45) is 0 Å². The highest BCUT2D eigenvalue weighted by Crippen LogP contribution is 2.09. The van der Waals surface area contributed by atoms with Crippen molar-refractivity contribution < 1.29 is 9.53 Å². The summed E-state index contributed by atoms with van der Waals surface area (Å²) in [5, 5.41) is 4.68. The van der Waals surface area contributed by atoms with E-state index in [0.717, 1.165) is 4.52 Å². The molecule has 0 spiro atoms. The Kier molecular flexibility index (Phi) is 2.69. The van der Waals surface area contributed by atoms with Crippen LogP contribution in [0.25, 0.3) is 4.96 Å². The highest BCUT2D eigenvalue weighted by atomic mass is 32.1. The Morgan fingerprint density at radius 1 is 1.62 bits per heavy atom. The SMILES string of the molecule is CCOC(=O)c1cnc2sc(C)nn2c1=O. The van der Waals surface area contributed by atoms with Crippen molar-refractivity contribution in [2.45, 2.75) is 13.8 Å². The van der Waals surface area contributed by atoms with Crippen molar-refractivity contribution in [1.29, 1.82) is 0 Å². The third kappa shape index (κ3) is 1.69. The number of rotatable bonds is 2. The van der Waals surface area contributed by atoms with E-state index < -0.39 is 11.5 Å². The Morgan fingerprint density at radius 3 is 3.06 bits per heavy atom. The standard InChI is InChI=1S/C9H9N3O3S/c1-3-15-8(14)6-4-10-9-12(7(6)13)11-5(2)16-9/h4H,3H2,1-2H3. The van der Waals surface area contributed by atoms with Crippen LogP contribution in [-0.4, -0.2) is 27.2 Å². The first-order valence-electron chi connectivity index (χ1n) is 4.66. The van der Waals surface area contributed by atoms with Crippen LogP contribution in [-0.2, 0) is 4.74 Å². The molecule has 2 rings (SSSR count). The van der Waals surface area contributed by atoms with E-state index in [0.29, 0.717) is 9.97 Å². The lowest BCUT2D eigenvalue weighted by Gasteiger charge is -1.99. The molecule has 0 aliphatic carbocycles. The van der Waals surface area contributed by atoms with Gasteiger partial charge in [-0.3, -0.25) is 4.79 Å². The predicted molar refractivity (Wildman–Crippen MR) is 57.8 cm³/mol. The first-order chi connectivity index (χ1) is 7.63. The zero-order valence-electron chi connectivity index (χ0n) is 8.76. The summed E-state index contributed by atoms with van der Waals surface area (Å²) in [6, 6.07) is 0.